The molecular formula is C3H11NO4Si. The van der Waals surface area contributed by atoms with Gasteiger partial charge >= 0.3 is 9.05 Å². The molecule has 2 N–H and O–H groups in total. The maximum absolute atomic E-state index is 4.83. The molecule has 0 aromatic heterocycles. The zero-order chi connectivity index (χ0) is 7.33. The summed E-state index contributed by atoms with van der Waals surface area (Å²) in [6.07, 6.45) is 0. The Morgan fingerprint density at radius 1 is 1.00 bits per heavy atom. The Morgan fingerprint density at radius 3 is 1.33 bits per heavy atom. The molecule has 0 atom stereocenters. The van der Waals surface area contributed by atoms with Gasteiger partial charge in [-0.1, -0.05) is 0 Å². The zero-order valence-electron chi connectivity index (χ0n) is 5.71. The van der Waals surface area contributed by atoms with Gasteiger partial charge in [0.05, 0.1) is 0 Å². The van der Waals surface area contributed by atoms with Crippen LogP contribution in [-0.4, -0.2) is 30.4 Å². The first-order chi connectivity index (χ1) is 4.24. The van der Waals surface area contributed by atoms with E-state index in [1.165, 1.54) is 21.3 Å². The molecule has 9 heavy (non-hydrogen) atoms. The summed E-state index contributed by atoms with van der Waals surface area (Å²) < 4.78 is 18.6. The lowest BCUT2D eigenvalue weighted by Gasteiger charge is -2.18. The molecule has 0 radical (unpaired) electrons. The van der Waals surface area contributed by atoms with Crippen molar-refractivity contribution in [1.29, 1.82) is 0 Å². The highest BCUT2D eigenvalue weighted by molar-refractivity contribution is 6.53. The maximum atomic E-state index is 4.83. The molecule has 0 amide bonds. The largest absolute Gasteiger partial charge is 0.695 e. The van der Waals surface area contributed by atoms with Crippen LogP contribution < -0.4 is 5.90 Å². The summed E-state index contributed by atoms with van der Waals surface area (Å²) in [5, 5.41) is 0. The minimum absolute atomic E-state index is 1.41. The van der Waals surface area contributed by atoms with Crippen LogP contribution in [-0.2, 0) is 17.8 Å². The minimum atomic E-state index is -2.91. The van der Waals surface area contributed by atoms with E-state index in [0.29, 0.717) is 0 Å². The summed E-state index contributed by atoms with van der Waals surface area (Å²) in [4.78, 5) is 0. The van der Waals surface area contributed by atoms with Gasteiger partial charge in [-0.05, 0) is 0 Å². The Labute approximate surface area is 55.1 Å². The molecule has 0 aromatic carbocycles. The molecule has 0 aliphatic rings. The highest BCUT2D eigenvalue weighted by atomic mass is 28.4. The number of hydrogen-bond acceptors (Lipinski definition) is 5. The third kappa shape index (κ3) is 2.01. The Morgan fingerprint density at radius 2 is 1.33 bits per heavy atom. The van der Waals surface area contributed by atoms with Gasteiger partial charge in [0.1, 0.15) is 0 Å². The molecule has 0 fully saturated rings. The molecule has 0 saturated carbocycles. The molecule has 0 rings (SSSR count). The molecule has 0 aliphatic carbocycles. The third-order valence-corrected chi connectivity index (χ3v) is 2.68. The van der Waals surface area contributed by atoms with E-state index < -0.39 is 9.05 Å². The molecule has 0 heterocycles. The van der Waals surface area contributed by atoms with Crippen LogP contribution in [0.25, 0.3) is 0 Å². The van der Waals surface area contributed by atoms with Crippen molar-refractivity contribution in [3.8, 4) is 0 Å². The predicted octanol–water partition coefficient (Wildman–Crippen LogP) is -0.748. The van der Waals surface area contributed by atoms with Crippen molar-refractivity contribution >= 4 is 9.05 Å². The number of nitrogens with two attached hydrogens (primary N) is 1. The van der Waals surface area contributed by atoms with Crippen molar-refractivity contribution in [3.05, 3.63) is 0 Å². The second-order valence-electron chi connectivity index (χ2n) is 1.23. The van der Waals surface area contributed by atoms with Crippen LogP contribution in [0.15, 0.2) is 0 Å². The number of hydrogen-bond donors (Lipinski definition) is 1. The molecule has 56 valence electrons. The highest BCUT2D eigenvalue weighted by Crippen LogP contribution is 2.02. The van der Waals surface area contributed by atoms with E-state index >= 15 is 0 Å². The fourth-order valence-electron chi connectivity index (χ4n) is 0.394. The van der Waals surface area contributed by atoms with Gasteiger partial charge in [-0.25, -0.2) is 5.90 Å². The van der Waals surface area contributed by atoms with Crippen molar-refractivity contribution in [2.24, 2.45) is 5.90 Å². The fourth-order valence-corrected chi connectivity index (χ4v) is 1.18. The average molecular weight is 153 g/mol. The van der Waals surface area contributed by atoms with Gasteiger partial charge in [0, 0.05) is 21.3 Å². The Bertz CT molecular complexity index is 58.7. The molecule has 0 aromatic rings. The monoisotopic (exact) mass is 153 g/mol. The minimum Gasteiger partial charge on any atom is -0.354 e. The van der Waals surface area contributed by atoms with Crippen molar-refractivity contribution in [2.75, 3.05) is 21.3 Å². The van der Waals surface area contributed by atoms with Crippen molar-refractivity contribution in [1.82, 2.24) is 0 Å². The van der Waals surface area contributed by atoms with Gasteiger partial charge in [0.2, 0.25) is 0 Å². The van der Waals surface area contributed by atoms with E-state index in [4.69, 9.17) is 19.2 Å². The topological polar surface area (TPSA) is 62.9 Å². The molecular weight excluding hydrogens is 142 g/mol. The molecule has 5 nitrogen and oxygen atoms in total. The van der Waals surface area contributed by atoms with Crippen LogP contribution in [0, 0.1) is 0 Å². The quantitative estimate of drug-likeness (QED) is 0.425. The molecule has 6 heteroatoms. The summed E-state index contributed by atoms with van der Waals surface area (Å²) in [6.45, 7) is 0. The Kier molecular flexibility index (Phi) is 3.94. The van der Waals surface area contributed by atoms with Crippen LogP contribution in [0.1, 0.15) is 0 Å². The van der Waals surface area contributed by atoms with Gasteiger partial charge in [-0.3, -0.25) is 4.53 Å². The molecule has 0 saturated heterocycles. The summed E-state index contributed by atoms with van der Waals surface area (Å²) >= 11 is 0. The van der Waals surface area contributed by atoms with E-state index in [2.05, 4.69) is 4.53 Å². The molecule has 0 unspecified atom stereocenters. The first-order valence-electron chi connectivity index (χ1n) is 2.28. The molecule has 0 bridgehead atoms. The maximum Gasteiger partial charge on any atom is 0.695 e. The Hall–Kier alpha value is 0.0169. The second kappa shape index (κ2) is 3.93. The van der Waals surface area contributed by atoms with E-state index in [0.717, 1.165) is 0 Å². The predicted molar refractivity (Wildman–Crippen MR) is 32.1 cm³/mol. The lowest BCUT2D eigenvalue weighted by Crippen LogP contribution is -2.48. The Balaban J connectivity index is 3.82. The van der Waals surface area contributed by atoms with Crippen LogP contribution >= 0.6 is 0 Å². The van der Waals surface area contributed by atoms with Gasteiger partial charge in [-0.15, -0.1) is 0 Å². The normalized spacial score (nSPS) is 12.0. The van der Waals surface area contributed by atoms with Crippen molar-refractivity contribution in [3.63, 3.8) is 0 Å². The van der Waals surface area contributed by atoms with Gasteiger partial charge in [0.25, 0.3) is 0 Å². The molecule has 0 spiro atoms. The molecule has 0 aliphatic heterocycles. The lowest BCUT2D eigenvalue weighted by atomic mass is 11.8. The summed E-state index contributed by atoms with van der Waals surface area (Å²) in [5.41, 5.74) is 0. The van der Waals surface area contributed by atoms with Crippen LogP contribution in [0.3, 0.4) is 0 Å². The third-order valence-electron chi connectivity index (χ3n) is 0.894. The van der Waals surface area contributed by atoms with Crippen LogP contribution in [0.2, 0.25) is 0 Å². The van der Waals surface area contributed by atoms with E-state index in [-0.39, 0.29) is 0 Å². The highest BCUT2D eigenvalue weighted by Gasteiger charge is 2.41. The van der Waals surface area contributed by atoms with Crippen LogP contribution in [0.4, 0.5) is 0 Å². The van der Waals surface area contributed by atoms with E-state index in [9.17, 15) is 0 Å². The van der Waals surface area contributed by atoms with Crippen molar-refractivity contribution in [2.45, 2.75) is 0 Å². The average Bonchev–Trinajstić information content (AvgIpc) is 1.95. The van der Waals surface area contributed by atoms with Gasteiger partial charge < -0.3 is 13.3 Å². The van der Waals surface area contributed by atoms with E-state index in [1.54, 1.807) is 0 Å². The first-order valence-corrected chi connectivity index (χ1v) is 3.91. The first kappa shape index (κ1) is 9.02. The van der Waals surface area contributed by atoms with E-state index in [1.807, 2.05) is 0 Å². The van der Waals surface area contributed by atoms with Crippen molar-refractivity contribution < 1.29 is 17.8 Å². The van der Waals surface area contributed by atoms with Gasteiger partial charge in [0.15, 0.2) is 0 Å². The SMILES string of the molecule is CO[Si](OC)(OC)ON. The second-order valence-corrected chi connectivity index (χ2v) is 3.69. The number of rotatable bonds is 4. The van der Waals surface area contributed by atoms with Gasteiger partial charge in [-0.2, -0.15) is 0 Å². The summed E-state index contributed by atoms with van der Waals surface area (Å²) in [6, 6.07) is 0. The standard InChI is InChI=1S/C3H11NO4Si/c1-5-9(6-2,7-3)8-4/h4H2,1-3H3. The van der Waals surface area contributed by atoms with Crippen LogP contribution in [0.5, 0.6) is 0 Å². The zero-order valence-corrected chi connectivity index (χ0v) is 6.71. The lowest BCUT2D eigenvalue weighted by molar-refractivity contribution is 0.00532. The smallest absolute Gasteiger partial charge is 0.354 e. The summed E-state index contributed by atoms with van der Waals surface area (Å²) in [5.74, 6) is 4.83. The summed E-state index contributed by atoms with van der Waals surface area (Å²) in [7, 11) is 1.31. The fraction of sp³-hybridized carbons (Fsp3) is 1.00.